The molecule has 4 heteroatoms. The second-order valence-corrected chi connectivity index (χ2v) is 2.65. The Morgan fingerprint density at radius 3 is 2.85 bits per heavy atom. The maximum atomic E-state index is 5.31. The molecule has 0 aliphatic heterocycles. The van der Waals surface area contributed by atoms with Crippen LogP contribution in [0, 0.1) is 6.92 Å². The molecule has 4 nitrogen and oxygen atoms in total. The van der Waals surface area contributed by atoms with Crippen molar-refractivity contribution in [2.75, 3.05) is 12.4 Å². The summed E-state index contributed by atoms with van der Waals surface area (Å²) >= 11 is 0. The molecule has 0 radical (unpaired) electrons. The molecule has 0 bridgehead atoms. The van der Waals surface area contributed by atoms with E-state index < -0.39 is 0 Å². The van der Waals surface area contributed by atoms with E-state index in [9.17, 15) is 0 Å². The molecule has 2 heterocycles. The Morgan fingerprint density at radius 1 is 1.46 bits per heavy atom. The smallest absolute Gasteiger partial charge is 0.295 e. The molecule has 0 fully saturated rings. The van der Waals surface area contributed by atoms with Crippen LogP contribution in [0.4, 0.5) is 6.01 Å². The van der Waals surface area contributed by atoms with E-state index in [1.165, 1.54) is 0 Å². The molecular formula is C9H10N2O2. The van der Waals surface area contributed by atoms with Gasteiger partial charge in [0.1, 0.15) is 11.5 Å². The first kappa shape index (κ1) is 7.91. The van der Waals surface area contributed by atoms with Gasteiger partial charge in [-0.1, -0.05) is 0 Å². The molecule has 0 spiro atoms. The van der Waals surface area contributed by atoms with Crippen molar-refractivity contribution >= 4 is 6.01 Å². The molecule has 0 aliphatic rings. The lowest BCUT2D eigenvalue weighted by atomic mass is 10.3. The summed E-state index contributed by atoms with van der Waals surface area (Å²) in [6, 6.07) is 4.18. The summed E-state index contributed by atoms with van der Waals surface area (Å²) in [4.78, 5) is 4.20. The maximum absolute atomic E-state index is 5.31. The second-order valence-electron chi connectivity index (χ2n) is 2.65. The first-order valence-corrected chi connectivity index (χ1v) is 4.00. The Bertz CT molecular complexity index is 390. The zero-order chi connectivity index (χ0) is 9.26. The van der Waals surface area contributed by atoms with E-state index in [4.69, 9.17) is 8.83 Å². The van der Waals surface area contributed by atoms with Crippen molar-refractivity contribution in [3.05, 3.63) is 24.2 Å². The van der Waals surface area contributed by atoms with Gasteiger partial charge in [0.15, 0.2) is 5.76 Å². The van der Waals surface area contributed by atoms with Gasteiger partial charge in [-0.15, -0.1) is 0 Å². The summed E-state index contributed by atoms with van der Waals surface area (Å²) in [5.41, 5.74) is 0.745. The molecule has 2 aromatic heterocycles. The average molecular weight is 178 g/mol. The van der Waals surface area contributed by atoms with Gasteiger partial charge in [0, 0.05) is 7.05 Å². The molecule has 0 saturated heterocycles. The number of furan rings is 1. The minimum Gasteiger partial charge on any atom is -0.463 e. The molecule has 0 aromatic carbocycles. The largest absolute Gasteiger partial charge is 0.463 e. The number of nitrogens with zero attached hydrogens (tertiary/aromatic N) is 1. The van der Waals surface area contributed by atoms with Crippen molar-refractivity contribution in [3.8, 4) is 11.5 Å². The summed E-state index contributed by atoms with van der Waals surface area (Å²) < 4.78 is 10.5. The molecule has 68 valence electrons. The zero-order valence-corrected chi connectivity index (χ0v) is 7.50. The predicted octanol–water partition coefficient (Wildman–Crippen LogP) is 2.28. The highest BCUT2D eigenvalue weighted by Crippen LogP contribution is 2.25. The number of rotatable bonds is 2. The van der Waals surface area contributed by atoms with Crippen LogP contribution in [-0.2, 0) is 0 Å². The third-order valence-corrected chi connectivity index (χ3v) is 1.77. The quantitative estimate of drug-likeness (QED) is 0.766. The van der Waals surface area contributed by atoms with Crippen LogP contribution in [0.25, 0.3) is 11.5 Å². The second kappa shape index (κ2) is 2.97. The Morgan fingerprint density at radius 2 is 2.31 bits per heavy atom. The summed E-state index contributed by atoms with van der Waals surface area (Å²) in [5.74, 6) is 1.47. The third kappa shape index (κ3) is 1.30. The molecule has 2 rings (SSSR count). The number of nitrogens with one attached hydrogen (secondary N) is 1. The van der Waals surface area contributed by atoms with Gasteiger partial charge in [-0.25, -0.2) is 0 Å². The number of aryl methyl sites for hydroxylation is 1. The fraction of sp³-hybridized carbons (Fsp3) is 0.222. The lowest BCUT2D eigenvalue weighted by Gasteiger charge is -1.87. The molecule has 0 saturated carbocycles. The van der Waals surface area contributed by atoms with Crippen molar-refractivity contribution < 1.29 is 8.83 Å². The number of hydrogen-bond acceptors (Lipinski definition) is 4. The fourth-order valence-electron chi connectivity index (χ4n) is 1.15. The Kier molecular flexibility index (Phi) is 1.81. The highest BCUT2D eigenvalue weighted by atomic mass is 16.4. The maximum Gasteiger partial charge on any atom is 0.295 e. The van der Waals surface area contributed by atoms with E-state index in [1.807, 2.05) is 19.1 Å². The van der Waals surface area contributed by atoms with Crippen LogP contribution < -0.4 is 5.32 Å². The minimum atomic E-state index is 0.504. The van der Waals surface area contributed by atoms with Crippen molar-refractivity contribution in [1.29, 1.82) is 0 Å². The van der Waals surface area contributed by atoms with E-state index >= 15 is 0 Å². The zero-order valence-electron chi connectivity index (χ0n) is 7.50. The molecule has 0 atom stereocenters. The fourth-order valence-corrected chi connectivity index (χ4v) is 1.15. The van der Waals surface area contributed by atoms with Gasteiger partial charge in [-0.2, -0.15) is 4.98 Å². The van der Waals surface area contributed by atoms with Gasteiger partial charge in [0.2, 0.25) is 0 Å². The highest BCUT2D eigenvalue weighted by Gasteiger charge is 2.12. The van der Waals surface area contributed by atoms with E-state index in [-0.39, 0.29) is 0 Å². The Labute approximate surface area is 75.6 Å². The monoisotopic (exact) mass is 178 g/mol. The number of anilines is 1. The Balaban J connectivity index is 2.46. The van der Waals surface area contributed by atoms with E-state index in [2.05, 4.69) is 10.3 Å². The molecule has 13 heavy (non-hydrogen) atoms. The average Bonchev–Trinajstić information content (AvgIpc) is 2.72. The highest BCUT2D eigenvalue weighted by molar-refractivity contribution is 5.56. The van der Waals surface area contributed by atoms with Crippen LogP contribution in [0.1, 0.15) is 5.76 Å². The SMILES string of the molecule is CNc1nc(-c2ccco2)c(C)o1. The van der Waals surface area contributed by atoms with Crippen molar-refractivity contribution in [3.63, 3.8) is 0 Å². The van der Waals surface area contributed by atoms with Crippen LogP contribution in [0.2, 0.25) is 0 Å². The summed E-state index contributed by atoms with van der Waals surface area (Å²) in [6.07, 6.45) is 1.61. The Hall–Kier alpha value is -1.71. The standard InChI is InChI=1S/C9H10N2O2/c1-6-8(7-4-3-5-12-7)11-9(10-2)13-6/h3-5H,1-2H3,(H,10,11). The molecule has 2 aromatic rings. The predicted molar refractivity (Wildman–Crippen MR) is 48.5 cm³/mol. The minimum absolute atomic E-state index is 0.504. The van der Waals surface area contributed by atoms with Crippen LogP contribution in [0.3, 0.4) is 0 Å². The van der Waals surface area contributed by atoms with Gasteiger partial charge >= 0.3 is 0 Å². The topological polar surface area (TPSA) is 51.2 Å². The molecule has 1 N–H and O–H groups in total. The van der Waals surface area contributed by atoms with Crippen LogP contribution in [0.5, 0.6) is 0 Å². The van der Waals surface area contributed by atoms with Crippen LogP contribution in [-0.4, -0.2) is 12.0 Å². The molecule has 0 unspecified atom stereocenters. The first-order valence-electron chi connectivity index (χ1n) is 4.00. The number of aromatic nitrogens is 1. The number of oxazole rings is 1. The van der Waals surface area contributed by atoms with E-state index in [1.54, 1.807) is 13.3 Å². The molecular weight excluding hydrogens is 168 g/mol. The van der Waals surface area contributed by atoms with E-state index in [0.717, 1.165) is 17.2 Å². The van der Waals surface area contributed by atoms with E-state index in [0.29, 0.717) is 6.01 Å². The van der Waals surface area contributed by atoms with Gasteiger partial charge in [0.25, 0.3) is 6.01 Å². The third-order valence-electron chi connectivity index (χ3n) is 1.77. The van der Waals surface area contributed by atoms with Crippen LogP contribution >= 0.6 is 0 Å². The number of hydrogen-bond donors (Lipinski definition) is 1. The summed E-state index contributed by atoms with van der Waals surface area (Å²) in [6.45, 7) is 1.85. The molecule has 0 aliphatic carbocycles. The van der Waals surface area contributed by atoms with Gasteiger partial charge in [0.05, 0.1) is 6.26 Å². The van der Waals surface area contributed by atoms with Crippen LogP contribution in [0.15, 0.2) is 27.2 Å². The van der Waals surface area contributed by atoms with Crippen molar-refractivity contribution in [2.45, 2.75) is 6.92 Å². The molecule has 0 amide bonds. The summed E-state index contributed by atoms with van der Waals surface area (Å²) in [5, 5.41) is 2.83. The normalized spacial score (nSPS) is 10.3. The van der Waals surface area contributed by atoms with Crippen molar-refractivity contribution in [1.82, 2.24) is 4.98 Å². The van der Waals surface area contributed by atoms with Crippen molar-refractivity contribution in [2.24, 2.45) is 0 Å². The van der Waals surface area contributed by atoms with Gasteiger partial charge in [-0.05, 0) is 19.1 Å². The summed E-state index contributed by atoms with van der Waals surface area (Å²) in [7, 11) is 1.76. The lowest BCUT2D eigenvalue weighted by Crippen LogP contribution is -1.86. The van der Waals surface area contributed by atoms with Gasteiger partial charge < -0.3 is 14.2 Å². The first-order chi connectivity index (χ1) is 6.31. The van der Waals surface area contributed by atoms with Gasteiger partial charge in [-0.3, -0.25) is 0 Å². The lowest BCUT2D eigenvalue weighted by molar-refractivity contribution is 0.540.